The maximum Gasteiger partial charge on any atom is 0.164 e. The minimum Gasteiger partial charge on any atom is -0.507 e. The molecule has 0 aliphatic rings. The maximum absolute atomic E-state index is 12.1. The molecule has 0 fully saturated rings. The van der Waals surface area contributed by atoms with Crippen LogP contribution in [0.2, 0.25) is 0 Å². The molecule has 0 amide bonds. The van der Waals surface area contributed by atoms with Gasteiger partial charge in [0.2, 0.25) is 0 Å². The molecule has 55 heavy (non-hydrogen) atoms. The van der Waals surface area contributed by atoms with Gasteiger partial charge >= 0.3 is 0 Å². The Morgan fingerprint density at radius 1 is 0.618 bits per heavy atom. The van der Waals surface area contributed by atoms with Gasteiger partial charge in [-0.2, -0.15) is 0 Å². The van der Waals surface area contributed by atoms with Gasteiger partial charge in [-0.3, -0.25) is 4.90 Å². The van der Waals surface area contributed by atoms with Crippen molar-refractivity contribution in [2.45, 2.75) is 78.6 Å². The largest absolute Gasteiger partial charge is 0.507 e. The molecule has 5 nitrogen and oxygen atoms in total. The summed E-state index contributed by atoms with van der Waals surface area (Å²) >= 11 is 1.71. The Hall–Kier alpha value is -5.59. The van der Waals surface area contributed by atoms with Crippen molar-refractivity contribution in [3.05, 3.63) is 138 Å². The molecule has 0 radical (unpaired) electrons. The van der Waals surface area contributed by atoms with Crippen molar-refractivity contribution < 1.29 is 5.11 Å². The van der Waals surface area contributed by atoms with Crippen molar-refractivity contribution in [1.82, 2.24) is 15.0 Å². The first kappa shape index (κ1) is 36.4. The molecule has 0 bridgehead atoms. The Balaban J connectivity index is 1.46. The second-order valence-corrected chi connectivity index (χ2v) is 18.7. The Labute approximate surface area is 328 Å². The fourth-order valence-corrected chi connectivity index (χ4v) is 8.46. The van der Waals surface area contributed by atoms with Crippen molar-refractivity contribution in [2.75, 3.05) is 4.90 Å². The lowest BCUT2D eigenvalue weighted by molar-refractivity contribution is 0.446. The van der Waals surface area contributed by atoms with Crippen LogP contribution in [0.4, 0.5) is 17.2 Å². The van der Waals surface area contributed by atoms with E-state index in [1.54, 1.807) is 11.3 Å². The van der Waals surface area contributed by atoms with Crippen LogP contribution in [0.15, 0.2) is 121 Å². The van der Waals surface area contributed by atoms with Crippen LogP contribution in [0, 0.1) is 0 Å². The van der Waals surface area contributed by atoms with E-state index in [1.165, 1.54) is 5.56 Å². The normalized spacial score (nSPS) is 12.5. The number of nitrogens with zero attached hydrogens (tertiary/aromatic N) is 4. The second kappa shape index (κ2) is 13.3. The summed E-state index contributed by atoms with van der Waals surface area (Å²) in [6, 6.07) is 40.5. The monoisotopic (exact) mass is 740 g/mol. The molecule has 0 saturated carbocycles. The van der Waals surface area contributed by atoms with E-state index in [0.717, 1.165) is 70.7 Å². The van der Waals surface area contributed by atoms with E-state index in [1.807, 2.05) is 18.3 Å². The molecule has 0 aliphatic carbocycles. The van der Waals surface area contributed by atoms with Gasteiger partial charge in [-0.1, -0.05) is 129 Å². The lowest BCUT2D eigenvalue weighted by atomic mass is 9.79. The van der Waals surface area contributed by atoms with Gasteiger partial charge in [-0.05, 0) is 81.3 Å². The van der Waals surface area contributed by atoms with Crippen LogP contribution in [0.3, 0.4) is 0 Å². The van der Waals surface area contributed by atoms with E-state index in [-0.39, 0.29) is 22.0 Å². The van der Waals surface area contributed by atoms with Crippen molar-refractivity contribution in [1.29, 1.82) is 0 Å². The summed E-state index contributed by atoms with van der Waals surface area (Å²) in [4.78, 5) is 17.9. The van der Waals surface area contributed by atoms with Gasteiger partial charge in [0.05, 0.1) is 27.2 Å². The van der Waals surface area contributed by atoms with Crippen LogP contribution < -0.4 is 4.90 Å². The molecule has 0 atom stereocenters. The zero-order chi connectivity index (χ0) is 38.9. The maximum atomic E-state index is 12.1. The molecule has 8 rings (SSSR count). The average Bonchev–Trinajstić information content (AvgIpc) is 3.52. The van der Waals surface area contributed by atoms with E-state index in [9.17, 15) is 5.11 Å². The number of anilines is 3. The van der Waals surface area contributed by atoms with Crippen LogP contribution in [-0.4, -0.2) is 20.1 Å². The smallest absolute Gasteiger partial charge is 0.164 e. The Morgan fingerprint density at radius 3 is 2.00 bits per heavy atom. The van der Waals surface area contributed by atoms with E-state index in [2.05, 4.69) is 170 Å². The number of rotatable bonds is 5. The molecule has 0 unspecified atom stereocenters. The predicted molar refractivity (Wildman–Crippen MR) is 234 cm³/mol. The Morgan fingerprint density at radius 2 is 1.29 bits per heavy atom. The fourth-order valence-electron chi connectivity index (χ4n) is 7.31. The molecule has 0 saturated heterocycles. The number of aromatic nitrogens is 3. The number of pyridine rings is 1. The highest BCUT2D eigenvalue weighted by atomic mass is 32.1. The van der Waals surface area contributed by atoms with Crippen molar-refractivity contribution in [3.63, 3.8) is 0 Å². The number of hydrogen-bond acceptors (Lipinski definition) is 6. The lowest BCUT2D eigenvalue weighted by Gasteiger charge is -2.29. The molecule has 5 aromatic carbocycles. The van der Waals surface area contributed by atoms with Gasteiger partial charge in [0, 0.05) is 38.5 Å². The summed E-state index contributed by atoms with van der Waals surface area (Å²) in [6.45, 7) is 19.8. The number of fused-ring (bicyclic) bond motifs is 4. The first-order valence-corrected chi connectivity index (χ1v) is 19.8. The summed E-state index contributed by atoms with van der Waals surface area (Å²) in [5.74, 6) is 1.56. The highest BCUT2D eigenvalue weighted by Gasteiger charge is 2.29. The number of benzene rings is 5. The molecular formula is C49H48N4OS. The van der Waals surface area contributed by atoms with E-state index in [4.69, 9.17) is 15.0 Å². The van der Waals surface area contributed by atoms with Crippen molar-refractivity contribution >= 4 is 59.6 Å². The number of thiophene rings is 1. The minimum absolute atomic E-state index is 0.156. The van der Waals surface area contributed by atoms with Crippen LogP contribution in [0.25, 0.3) is 53.7 Å². The van der Waals surface area contributed by atoms with Gasteiger partial charge in [0.1, 0.15) is 11.6 Å². The molecule has 3 aromatic heterocycles. The standard InChI is InChI=1S/C49H48N4OS/c1-47(2,3)32-25-31(26-34(27-32)53(41-23-14-15-24-50-41)39-21-16-18-30-17-10-11-19-35(30)39)42-45-43(36-20-12-13-22-40(36)55-45)52-46(51-42)37-28-33(48(4,5)6)29-38(44(37)54)49(7,8)9/h10-29,54H,1-9H3. The third kappa shape index (κ3) is 6.74. The van der Waals surface area contributed by atoms with Crippen LogP contribution in [0.1, 0.15) is 79.0 Å². The van der Waals surface area contributed by atoms with E-state index >= 15 is 0 Å². The number of aromatic hydroxyl groups is 1. The molecule has 0 spiro atoms. The molecule has 0 aliphatic heterocycles. The summed E-state index contributed by atoms with van der Waals surface area (Å²) in [7, 11) is 0. The second-order valence-electron chi connectivity index (χ2n) is 17.6. The average molecular weight is 741 g/mol. The minimum atomic E-state index is -0.297. The van der Waals surface area contributed by atoms with Crippen LogP contribution in [-0.2, 0) is 16.2 Å². The summed E-state index contributed by atoms with van der Waals surface area (Å²) < 4.78 is 2.16. The zero-order valence-corrected chi connectivity index (χ0v) is 34.0. The SMILES string of the molecule is CC(C)(C)c1cc(-c2nc(-c3cc(C(C)(C)C)cc(C(C)(C)C)c3O)nc3c2sc2ccccc23)cc(N(c2ccccn2)c2cccc3ccccc23)c1. The predicted octanol–water partition coefficient (Wildman–Crippen LogP) is 13.8. The molecule has 276 valence electrons. The van der Waals surface area contributed by atoms with E-state index < -0.39 is 0 Å². The molecule has 1 N–H and O–H groups in total. The zero-order valence-electron chi connectivity index (χ0n) is 33.2. The first-order chi connectivity index (χ1) is 26.1. The quantitative estimate of drug-likeness (QED) is 0.190. The van der Waals surface area contributed by atoms with Gasteiger partial charge in [0.15, 0.2) is 5.82 Å². The van der Waals surface area contributed by atoms with Gasteiger partial charge in [-0.25, -0.2) is 15.0 Å². The number of phenolic OH excluding ortho intramolecular Hbond substituents is 1. The molecule has 8 aromatic rings. The van der Waals surface area contributed by atoms with Crippen LogP contribution >= 0.6 is 11.3 Å². The van der Waals surface area contributed by atoms with Gasteiger partial charge in [0.25, 0.3) is 0 Å². The topological polar surface area (TPSA) is 62.1 Å². The highest BCUT2D eigenvalue weighted by Crippen LogP contribution is 2.47. The Kier molecular flexibility index (Phi) is 8.81. The van der Waals surface area contributed by atoms with Crippen molar-refractivity contribution in [2.24, 2.45) is 0 Å². The molecular weight excluding hydrogens is 693 g/mol. The summed E-state index contributed by atoms with van der Waals surface area (Å²) in [5.41, 5.74) is 7.92. The van der Waals surface area contributed by atoms with E-state index in [0.29, 0.717) is 11.4 Å². The van der Waals surface area contributed by atoms with Gasteiger partial charge < -0.3 is 5.11 Å². The van der Waals surface area contributed by atoms with Crippen LogP contribution in [0.5, 0.6) is 5.75 Å². The lowest BCUT2D eigenvalue weighted by Crippen LogP contribution is -2.17. The molecule has 6 heteroatoms. The third-order valence-corrected chi connectivity index (χ3v) is 11.6. The summed E-state index contributed by atoms with van der Waals surface area (Å²) in [6.07, 6.45) is 1.85. The number of hydrogen-bond donors (Lipinski definition) is 1. The highest BCUT2D eigenvalue weighted by molar-refractivity contribution is 7.26. The third-order valence-electron chi connectivity index (χ3n) is 10.4. The molecule has 3 heterocycles. The Bertz CT molecular complexity index is 2720. The van der Waals surface area contributed by atoms with Gasteiger partial charge in [-0.15, -0.1) is 11.3 Å². The number of phenols is 1. The first-order valence-electron chi connectivity index (χ1n) is 19.0. The fraction of sp³-hybridized carbons (Fsp3) is 0.245. The summed E-state index contributed by atoms with van der Waals surface area (Å²) in [5, 5.41) is 15.5. The van der Waals surface area contributed by atoms with Crippen molar-refractivity contribution in [3.8, 4) is 28.4 Å².